The van der Waals surface area contributed by atoms with Crippen molar-refractivity contribution in [3.05, 3.63) is 17.3 Å². The highest BCUT2D eigenvalue weighted by molar-refractivity contribution is 5.88. The molecule has 2 saturated heterocycles. The van der Waals surface area contributed by atoms with Gasteiger partial charge in [-0.3, -0.25) is 10.2 Å². The highest BCUT2D eigenvalue weighted by Crippen LogP contribution is 2.19. The Kier molecular flexibility index (Phi) is 5.07. The lowest BCUT2D eigenvalue weighted by molar-refractivity contribution is 0.0314. The van der Waals surface area contributed by atoms with Gasteiger partial charge in [0.2, 0.25) is 0 Å². The van der Waals surface area contributed by atoms with Crippen LogP contribution in [0.3, 0.4) is 0 Å². The molecule has 7 nitrogen and oxygen atoms in total. The normalized spacial score (nSPS) is 22.3. The maximum Gasteiger partial charge on any atom is 0.323 e. The third kappa shape index (κ3) is 4.17. The summed E-state index contributed by atoms with van der Waals surface area (Å²) in [5.41, 5.74) is 1.91. The third-order valence-corrected chi connectivity index (χ3v) is 4.66. The van der Waals surface area contributed by atoms with Gasteiger partial charge in [0.25, 0.3) is 0 Å². The molecule has 2 aliphatic rings. The highest BCUT2D eigenvalue weighted by atomic mass is 16.5. The number of aryl methyl sites for hydroxylation is 2. The Labute approximate surface area is 137 Å². The van der Waals surface area contributed by atoms with E-state index in [1.807, 2.05) is 24.8 Å². The van der Waals surface area contributed by atoms with Crippen molar-refractivity contribution >= 4 is 11.8 Å². The van der Waals surface area contributed by atoms with Crippen LogP contribution in [0.5, 0.6) is 0 Å². The van der Waals surface area contributed by atoms with Gasteiger partial charge in [-0.2, -0.15) is 5.10 Å². The average molecular weight is 319 g/mol. The van der Waals surface area contributed by atoms with E-state index >= 15 is 0 Å². The molecule has 7 heteroatoms. The number of ether oxygens (including phenoxy) is 1. The summed E-state index contributed by atoms with van der Waals surface area (Å²) < 4.78 is 5.38. The van der Waals surface area contributed by atoms with Crippen LogP contribution in [-0.2, 0) is 4.74 Å². The molecular weight excluding hydrogens is 294 g/mol. The van der Waals surface area contributed by atoms with Gasteiger partial charge in [-0.05, 0) is 37.8 Å². The van der Waals surface area contributed by atoms with Crippen molar-refractivity contribution in [3.8, 4) is 0 Å². The molecule has 0 spiro atoms. The number of carbonyl (C=O) groups excluding carboxylic acids is 1. The van der Waals surface area contributed by atoms with E-state index < -0.39 is 0 Å². The first-order valence-corrected chi connectivity index (χ1v) is 8.29. The summed E-state index contributed by atoms with van der Waals surface area (Å²) in [4.78, 5) is 16.7. The SMILES string of the molecule is Cc1cc(NC(=O)N2CC[C@@H](CN3CCOCC3)C2)nnc1C. The smallest absolute Gasteiger partial charge is 0.323 e. The average Bonchev–Trinajstić information content (AvgIpc) is 3.00. The second kappa shape index (κ2) is 7.23. The second-order valence-corrected chi connectivity index (χ2v) is 6.44. The fourth-order valence-corrected chi connectivity index (χ4v) is 3.11. The van der Waals surface area contributed by atoms with Crippen molar-refractivity contribution in [2.45, 2.75) is 20.3 Å². The van der Waals surface area contributed by atoms with Crippen LogP contribution in [0.15, 0.2) is 6.07 Å². The number of morpholine rings is 1. The molecule has 1 aromatic heterocycles. The Balaban J connectivity index is 1.49. The predicted molar refractivity (Wildman–Crippen MR) is 87.5 cm³/mol. The molecule has 126 valence electrons. The Morgan fingerprint density at radius 3 is 2.83 bits per heavy atom. The van der Waals surface area contributed by atoms with Crippen molar-refractivity contribution in [1.29, 1.82) is 0 Å². The van der Waals surface area contributed by atoms with Crippen LogP contribution in [0.1, 0.15) is 17.7 Å². The summed E-state index contributed by atoms with van der Waals surface area (Å²) in [5, 5.41) is 10.9. The van der Waals surface area contributed by atoms with Crippen LogP contribution in [-0.4, -0.2) is 72.0 Å². The highest BCUT2D eigenvalue weighted by Gasteiger charge is 2.28. The van der Waals surface area contributed by atoms with E-state index in [0.29, 0.717) is 11.7 Å². The summed E-state index contributed by atoms with van der Waals surface area (Å²) in [5.74, 6) is 1.07. The van der Waals surface area contributed by atoms with E-state index in [2.05, 4.69) is 20.4 Å². The second-order valence-electron chi connectivity index (χ2n) is 6.44. The van der Waals surface area contributed by atoms with Gasteiger partial charge in [0.05, 0.1) is 18.9 Å². The molecule has 3 rings (SSSR count). The van der Waals surface area contributed by atoms with E-state index in [1.165, 1.54) is 0 Å². The molecule has 0 unspecified atom stereocenters. The molecule has 2 amide bonds. The number of hydrogen-bond acceptors (Lipinski definition) is 5. The van der Waals surface area contributed by atoms with Crippen molar-refractivity contribution in [2.75, 3.05) is 51.3 Å². The first kappa shape index (κ1) is 16.1. The van der Waals surface area contributed by atoms with Crippen molar-refractivity contribution < 1.29 is 9.53 Å². The number of nitrogens with zero attached hydrogens (tertiary/aromatic N) is 4. The maximum atomic E-state index is 12.4. The van der Waals surface area contributed by atoms with Gasteiger partial charge in [-0.15, -0.1) is 5.10 Å². The molecular formula is C16H25N5O2. The lowest BCUT2D eigenvalue weighted by Crippen LogP contribution is -2.40. The molecule has 1 atom stereocenters. The molecule has 3 heterocycles. The van der Waals surface area contributed by atoms with Gasteiger partial charge in [0.15, 0.2) is 5.82 Å². The molecule has 1 aromatic rings. The minimum Gasteiger partial charge on any atom is -0.379 e. The first-order chi connectivity index (χ1) is 11.1. The third-order valence-electron chi connectivity index (χ3n) is 4.66. The van der Waals surface area contributed by atoms with Crippen LogP contribution < -0.4 is 5.32 Å². The summed E-state index contributed by atoms with van der Waals surface area (Å²) in [6.45, 7) is 10.2. The Morgan fingerprint density at radius 1 is 1.30 bits per heavy atom. The zero-order chi connectivity index (χ0) is 16.2. The standard InChI is InChI=1S/C16H25N5O2/c1-12-9-15(19-18-13(12)2)17-16(22)21-4-3-14(11-21)10-20-5-7-23-8-6-20/h9,14H,3-8,10-11H2,1-2H3,(H,17,19,22)/t14-/m0/s1. The van der Waals surface area contributed by atoms with Crippen molar-refractivity contribution in [2.24, 2.45) is 5.92 Å². The number of rotatable bonds is 3. The van der Waals surface area contributed by atoms with Gasteiger partial charge < -0.3 is 9.64 Å². The van der Waals surface area contributed by atoms with Gasteiger partial charge >= 0.3 is 6.03 Å². The topological polar surface area (TPSA) is 70.6 Å². The molecule has 0 bridgehead atoms. The number of urea groups is 1. The number of aromatic nitrogens is 2. The monoisotopic (exact) mass is 319 g/mol. The van der Waals surface area contributed by atoms with Crippen LogP contribution >= 0.6 is 0 Å². The Hall–Kier alpha value is -1.73. The van der Waals surface area contributed by atoms with Crippen molar-refractivity contribution in [3.63, 3.8) is 0 Å². The zero-order valence-corrected chi connectivity index (χ0v) is 13.9. The minimum absolute atomic E-state index is 0.0768. The number of carbonyl (C=O) groups is 1. The van der Waals surface area contributed by atoms with Gasteiger partial charge in [-0.25, -0.2) is 4.79 Å². The zero-order valence-electron chi connectivity index (χ0n) is 13.9. The molecule has 0 aromatic carbocycles. The van der Waals surface area contributed by atoms with Crippen LogP contribution in [0, 0.1) is 19.8 Å². The van der Waals surface area contributed by atoms with E-state index in [9.17, 15) is 4.79 Å². The van der Waals surface area contributed by atoms with E-state index in [0.717, 1.165) is 63.6 Å². The largest absolute Gasteiger partial charge is 0.379 e. The summed E-state index contributed by atoms with van der Waals surface area (Å²) >= 11 is 0. The fourth-order valence-electron chi connectivity index (χ4n) is 3.11. The van der Waals surface area contributed by atoms with Gasteiger partial charge in [0.1, 0.15) is 0 Å². The number of amides is 2. The molecule has 1 N–H and O–H groups in total. The lowest BCUT2D eigenvalue weighted by Gasteiger charge is -2.29. The maximum absolute atomic E-state index is 12.4. The number of likely N-dealkylation sites (tertiary alicyclic amines) is 1. The molecule has 0 saturated carbocycles. The lowest BCUT2D eigenvalue weighted by atomic mass is 10.1. The molecule has 23 heavy (non-hydrogen) atoms. The first-order valence-electron chi connectivity index (χ1n) is 8.29. The number of nitrogens with one attached hydrogen (secondary N) is 1. The van der Waals surface area contributed by atoms with Gasteiger partial charge in [-0.1, -0.05) is 0 Å². The Bertz CT molecular complexity index is 559. The molecule has 0 radical (unpaired) electrons. The fraction of sp³-hybridized carbons (Fsp3) is 0.688. The summed E-state index contributed by atoms with van der Waals surface area (Å²) in [6.07, 6.45) is 1.06. The number of anilines is 1. The van der Waals surface area contributed by atoms with Crippen LogP contribution in [0.25, 0.3) is 0 Å². The summed E-state index contributed by atoms with van der Waals surface area (Å²) in [6, 6.07) is 1.79. The quantitative estimate of drug-likeness (QED) is 0.909. The predicted octanol–water partition coefficient (Wildman–Crippen LogP) is 1.28. The van der Waals surface area contributed by atoms with Gasteiger partial charge in [0, 0.05) is 32.7 Å². The molecule has 2 aliphatic heterocycles. The van der Waals surface area contributed by atoms with E-state index in [-0.39, 0.29) is 6.03 Å². The van der Waals surface area contributed by atoms with Crippen LogP contribution in [0.2, 0.25) is 0 Å². The number of hydrogen-bond donors (Lipinski definition) is 1. The Morgan fingerprint density at radius 2 is 2.09 bits per heavy atom. The van der Waals surface area contributed by atoms with Crippen LogP contribution in [0.4, 0.5) is 10.6 Å². The molecule has 0 aliphatic carbocycles. The summed E-state index contributed by atoms with van der Waals surface area (Å²) in [7, 11) is 0. The minimum atomic E-state index is -0.0768. The van der Waals surface area contributed by atoms with E-state index in [1.54, 1.807) is 0 Å². The molecule has 2 fully saturated rings. The van der Waals surface area contributed by atoms with E-state index in [4.69, 9.17) is 4.74 Å². The van der Waals surface area contributed by atoms with Crippen molar-refractivity contribution in [1.82, 2.24) is 20.0 Å².